The Morgan fingerprint density at radius 3 is 2.61 bits per heavy atom. The summed E-state index contributed by atoms with van der Waals surface area (Å²) < 4.78 is 0. The number of benzene rings is 1. The predicted octanol–water partition coefficient (Wildman–Crippen LogP) is 1.93. The van der Waals surface area contributed by atoms with Crippen LogP contribution in [0, 0.1) is 0 Å². The van der Waals surface area contributed by atoms with Crippen molar-refractivity contribution in [1.82, 2.24) is 20.9 Å². The second-order valence-corrected chi connectivity index (χ2v) is 7.27. The van der Waals surface area contributed by atoms with Gasteiger partial charge < -0.3 is 10.6 Å². The highest BCUT2D eigenvalue weighted by Crippen LogP contribution is 2.30. The van der Waals surface area contributed by atoms with E-state index in [0.29, 0.717) is 5.56 Å². The third kappa shape index (κ3) is 4.20. The van der Waals surface area contributed by atoms with Crippen molar-refractivity contribution in [3.63, 3.8) is 0 Å². The maximum atomic E-state index is 12.7. The molecule has 0 radical (unpaired) electrons. The van der Waals surface area contributed by atoms with Crippen LogP contribution in [-0.4, -0.2) is 35.3 Å². The standard InChI is InChI=1S/C19H20N4O4S/c1-19(14-8-10-28-12-14)16(25)23(18(27)22-19)9-7-15(24)21-17(26)20-11-13-5-3-2-4-6-13/h2-6,8,10,12H,7,9,11H2,1H3,(H,22,27)(H2,20,21,24,26). The summed E-state index contributed by atoms with van der Waals surface area (Å²) >= 11 is 1.43. The molecule has 1 atom stereocenters. The number of hydrogen-bond acceptors (Lipinski definition) is 5. The summed E-state index contributed by atoms with van der Waals surface area (Å²) in [5, 5.41) is 11.1. The molecule has 0 bridgehead atoms. The van der Waals surface area contributed by atoms with Crippen molar-refractivity contribution in [3.05, 3.63) is 58.3 Å². The molecule has 0 saturated carbocycles. The Morgan fingerprint density at radius 1 is 1.18 bits per heavy atom. The largest absolute Gasteiger partial charge is 0.334 e. The molecular weight excluding hydrogens is 380 g/mol. The number of rotatable bonds is 6. The van der Waals surface area contributed by atoms with E-state index >= 15 is 0 Å². The maximum Gasteiger partial charge on any atom is 0.325 e. The number of nitrogens with zero attached hydrogens (tertiary/aromatic N) is 1. The molecule has 1 aliphatic rings. The molecule has 2 heterocycles. The molecule has 1 fully saturated rings. The molecule has 2 aromatic rings. The summed E-state index contributed by atoms with van der Waals surface area (Å²) in [6.45, 7) is 1.81. The van der Waals surface area contributed by atoms with Crippen molar-refractivity contribution in [2.75, 3.05) is 6.54 Å². The Balaban J connectivity index is 1.48. The summed E-state index contributed by atoms with van der Waals surface area (Å²) in [5.74, 6) is -0.993. The Labute approximate surface area is 165 Å². The molecule has 3 rings (SSSR count). The summed E-state index contributed by atoms with van der Waals surface area (Å²) in [7, 11) is 0. The minimum Gasteiger partial charge on any atom is -0.334 e. The molecule has 1 aromatic heterocycles. The molecule has 8 nitrogen and oxygen atoms in total. The molecule has 0 aliphatic carbocycles. The first-order valence-electron chi connectivity index (χ1n) is 8.68. The summed E-state index contributed by atoms with van der Waals surface area (Å²) in [6, 6.07) is 9.86. The van der Waals surface area contributed by atoms with Crippen molar-refractivity contribution >= 4 is 35.2 Å². The van der Waals surface area contributed by atoms with Gasteiger partial charge in [0.05, 0.1) is 0 Å². The second-order valence-electron chi connectivity index (χ2n) is 6.49. The SMILES string of the molecule is CC1(c2ccsc2)NC(=O)N(CCC(=O)NC(=O)NCc2ccccc2)C1=O. The van der Waals surface area contributed by atoms with Gasteiger partial charge in [0.2, 0.25) is 5.91 Å². The molecule has 1 saturated heterocycles. The lowest BCUT2D eigenvalue weighted by Crippen LogP contribution is -2.42. The summed E-state index contributed by atoms with van der Waals surface area (Å²) in [6.07, 6.45) is -0.169. The van der Waals surface area contributed by atoms with Gasteiger partial charge in [-0.2, -0.15) is 11.3 Å². The molecule has 3 N–H and O–H groups in total. The smallest absolute Gasteiger partial charge is 0.325 e. The van der Waals surface area contributed by atoms with Crippen molar-refractivity contribution in [1.29, 1.82) is 0 Å². The van der Waals surface area contributed by atoms with Crippen molar-refractivity contribution in [3.8, 4) is 0 Å². The molecule has 146 valence electrons. The lowest BCUT2D eigenvalue weighted by atomic mass is 9.95. The van der Waals surface area contributed by atoms with Crippen molar-refractivity contribution in [2.24, 2.45) is 0 Å². The zero-order valence-corrected chi connectivity index (χ0v) is 16.0. The lowest BCUT2D eigenvalue weighted by Gasteiger charge is -2.20. The molecule has 9 heteroatoms. The van der Waals surface area contributed by atoms with Gasteiger partial charge in [0.1, 0.15) is 5.54 Å². The quantitative estimate of drug-likeness (QED) is 0.644. The van der Waals surface area contributed by atoms with Crippen molar-refractivity contribution in [2.45, 2.75) is 25.4 Å². The number of hydrogen-bond donors (Lipinski definition) is 3. The lowest BCUT2D eigenvalue weighted by molar-refractivity contribution is -0.131. The fourth-order valence-electron chi connectivity index (χ4n) is 2.87. The molecular formula is C19H20N4O4S. The van der Waals surface area contributed by atoms with E-state index in [9.17, 15) is 19.2 Å². The average molecular weight is 400 g/mol. The molecule has 1 aromatic carbocycles. The van der Waals surface area contributed by atoms with Gasteiger partial charge in [0.25, 0.3) is 5.91 Å². The Kier molecular flexibility index (Phi) is 5.74. The van der Waals surface area contributed by atoms with Gasteiger partial charge in [-0.1, -0.05) is 30.3 Å². The average Bonchev–Trinajstić information content (AvgIpc) is 3.28. The van der Waals surface area contributed by atoms with Gasteiger partial charge >= 0.3 is 12.1 Å². The highest BCUT2D eigenvalue weighted by molar-refractivity contribution is 7.08. The van der Waals surface area contributed by atoms with Crippen LogP contribution in [0.4, 0.5) is 9.59 Å². The highest BCUT2D eigenvalue weighted by atomic mass is 32.1. The van der Waals surface area contributed by atoms with Crippen LogP contribution >= 0.6 is 11.3 Å². The van der Waals surface area contributed by atoms with E-state index in [0.717, 1.165) is 10.5 Å². The Bertz CT molecular complexity index is 885. The number of carbonyl (C=O) groups is 4. The minimum absolute atomic E-state index is 0.109. The normalized spacial score (nSPS) is 18.7. The molecule has 1 aliphatic heterocycles. The molecule has 6 amide bonds. The van der Waals surface area contributed by atoms with Crippen molar-refractivity contribution < 1.29 is 19.2 Å². The van der Waals surface area contributed by atoms with E-state index in [1.54, 1.807) is 18.4 Å². The summed E-state index contributed by atoms with van der Waals surface area (Å²) in [5.41, 5.74) is 0.459. The van der Waals surface area contributed by atoms with Crippen LogP contribution in [0.15, 0.2) is 47.2 Å². The van der Waals surface area contributed by atoms with Crippen LogP contribution in [0.5, 0.6) is 0 Å². The zero-order chi connectivity index (χ0) is 20.1. The predicted molar refractivity (Wildman–Crippen MR) is 103 cm³/mol. The van der Waals surface area contributed by atoms with Gasteiger partial charge in [-0.15, -0.1) is 0 Å². The van der Waals surface area contributed by atoms with Crippen LogP contribution in [0.2, 0.25) is 0 Å². The van der Waals surface area contributed by atoms with Gasteiger partial charge in [0, 0.05) is 19.5 Å². The topological polar surface area (TPSA) is 108 Å². The highest BCUT2D eigenvalue weighted by Gasteiger charge is 2.49. The first-order valence-corrected chi connectivity index (χ1v) is 9.63. The number of thiophene rings is 1. The van der Waals surface area contributed by atoms with E-state index < -0.39 is 29.4 Å². The van der Waals surface area contributed by atoms with Crippen LogP contribution in [-0.2, 0) is 21.7 Å². The molecule has 1 unspecified atom stereocenters. The molecule has 28 heavy (non-hydrogen) atoms. The number of amides is 6. The maximum absolute atomic E-state index is 12.7. The first-order chi connectivity index (χ1) is 13.4. The van der Waals surface area contributed by atoms with E-state index in [-0.39, 0.29) is 19.5 Å². The first kappa shape index (κ1) is 19.6. The Hall–Kier alpha value is -3.20. The van der Waals surface area contributed by atoms with Crippen LogP contribution < -0.4 is 16.0 Å². The van der Waals surface area contributed by atoms with Gasteiger partial charge in [-0.3, -0.25) is 19.8 Å². The van der Waals surface area contributed by atoms with Crippen LogP contribution in [0.1, 0.15) is 24.5 Å². The van der Waals surface area contributed by atoms with Gasteiger partial charge in [-0.25, -0.2) is 9.59 Å². The van der Waals surface area contributed by atoms with E-state index in [1.807, 2.05) is 35.7 Å². The van der Waals surface area contributed by atoms with E-state index in [4.69, 9.17) is 0 Å². The third-order valence-corrected chi connectivity index (χ3v) is 5.17. The molecule has 0 spiro atoms. The monoisotopic (exact) mass is 400 g/mol. The third-order valence-electron chi connectivity index (χ3n) is 4.48. The fourth-order valence-corrected chi connectivity index (χ4v) is 3.63. The van der Waals surface area contributed by atoms with Gasteiger partial charge in [0.15, 0.2) is 0 Å². The second kappa shape index (κ2) is 8.22. The zero-order valence-electron chi connectivity index (χ0n) is 15.2. The van der Waals surface area contributed by atoms with Gasteiger partial charge in [-0.05, 0) is 34.9 Å². The Morgan fingerprint density at radius 2 is 1.93 bits per heavy atom. The van der Waals surface area contributed by atoms with Crippen LogP contribution in [0.25, 0.3) is 0 Å². The number of urea groups is 2. The fraction of sp³-hybridized carbons (Fsp3) is 0.263. The van der Waals surface area contributed by atoms with E-state index in [1.165, 1.54) is 11.3 Å². The number of imide groups is 2. The minimum atomic E-state index is -1.14. The van der Waals surface area contributed by atoms with E-state index in [2.05, 4.69) is 16.0 Å². The van der Waals surface area contributed by atoms with Crippen LogP contribution in [0.3, 0.4) is 0 Å². The number of carbonyl (C=O) groups excluding carboxylic acids is 4. The number of nitrogens with one attached hydrogen (secondary N) is 3. The summed E-state index contributed by atoms with van der Waals surface area (Å²) in [4.78, 5) is 49.6.